The lowest BCUT2D eigenvalue weighted by atomic mass is 10.2. The molecular weight excluding hydrogens is 677 g/mol. The summed E-state index contributed by atoms with van der Waals surface area (Å²) in [6.07, 6.45) is -0.485. The van der Waals surface area contributed by atoms with Gasteiger partial charge >= 0.3 is 0 Å². The average Bonchev–Trinajstić information content (AvgIpc) is 2.94. The van der Waals surface area contributed by atoms with E-state index in [1.165, 1.54) is 32.5 Å². The molecule has 0 aliphatic rings. The Labute approximate surface area is 198 Å². The maximum Gasteiger partial charge on any atom is 0.0891 e. The Morgan fingerprint density at radius 3 is 1.85 bits per heavy atom. The maximum atomic E-state index is 10.7. The summed E-state index contributed by atoms with van der Waals surface area (Å²) in [5, 5.41) is 16.5. The molecule has 1 aromatic heterocycles. The smallest absolute Gasteiger partial charge is 0.0891 e. The van der Waals surface area contributed by atoms with Crippen LogP contribution in [0, 0.1) is 10.7 Å². The van der Waals surface area contributed by atoms with Gasteiger partial charge in [0.2, 0.25) is 0 Å². The van der Waals surface area contributed by atoms with Gasteiger partial charge in [-0.05, 0) is 128 Å². The van der Waals surface area contributed by atoms with E-state index in [9.17, 15) is 5.11 Å². The zero-order valence-corrected chi connectivity index (χ0v) is 20.8. The summed E-state index contributed by atoms with van der Waals surface area (Å²) in [5.74, 6) is 0. The molecule has 2 N–H and O–H groups in total. The molecule has 6 heteroatoms. The van der Waals surface area contributed by atoms with Gasteiger partial charge in [0.1, 0.15) is 0 Å². The summed E-state index contributed by atoms with van der Waals surface area (Å²) in [6, 6.07) is 21.2. The molecule has 3 aromatic carbocycles. The Morgan fingerprint density at radius 2 is 1.30 bits per heavy atom. The summed E-state index contributed by atoms with van der Waals surface area (Å²) >= 11 is 7.00. The number of nitrogens with zero attached hydrogens (tertiary/aromatic N) is 1. The van der Waals surface area contributed by atoms with Gasteiger partial charge in [0.05, 0.1) is 12.6 Å². The minimum atomic E-state index is -0.485. The van der Waals surface area contributed by atoms with Crippen LogP contribution in [0.15, 0.2) is 60.7 Å². The predicted octanol–water partition coefficient (Wildman–Crippen LogP) is 6.08. The molecule has 1 heterocycles. The van der Waals surface area contributed by atoms with Gasteiger partial charge in [-0.3, -0.25) is 0 Å². The summed E-state index contributed by atoms with van der Waals surface area (Å²) in [4.78, 5) is 0. The van der Waals surface area contributed by atoms with Crippen molar-refractivity contribution in [2.75, 3.05) is 11.9 Å². The third kappa shape index (κ3) is 4.38. The van der Waals surface area contributed by atoms with E-state index in [2.05, 4.69) is 126 Å². The summed E-state index contributed by atoms with van der Waals surface area (Å²) in [6.45, 7) is 1.06. The van der Waals surface area contributed by atoms with Gasteiger partial charge < -0.3 is 15.0 Å². The molecule has 0 bridgehead atoms. The highest BCUT2D eigenvalue weighted by molar-refractivity contribution is 14.1. The molecule has 3 nitrogen and oxygen atoms in total. The van der Waals surface area contributed by atoms with Gasteiger partial charge in [0.25, 0.3) is 0 Å². The van der Waals surface area contributed by atoms with Gasteiger partial charge in [-0.2, -0.15) is 0 Å². The number of fused-ring (bicyclic) bond motifs is 3. The van der Waals surface area contributed by atoms with Crippen LogP contribution in [0.3, 0.4) is 0 Å². The molecule has 0 aliphatic heterocycles. The fraction of sp³-hybridized carbons (Fsp3) is 0.143. The lowest BCUT2D eigenvalue weighted by Crippen LogP contribution is -2.24. The molecule has 27 heavy (non-hydrogen) atoms. The summed E-state index contributed by atoms with van der Waals surface area (Å²) < 4.78 is 5.88. The van der Waals surface area contributed by atoms with Crippen molar-refractivity contribution in [3.63, 3.8) is 0 Å². The van der Waals surface area contributed by atoms with Crippen molar-refractivity contribution < 1.29 is 5.11 Å². The van der Waals surface area contributed by atoms with Crippen molar-refractivity contribution in [3.8, 4) is 0 Å². The van der Waals surface area contributed by atoms with Crippen molar-refractivity contribution >= 4 is 95.3 Å². The zero-order valence-electron chi connectivity index (χ0n) is 14.3. The Balaban J connectivity index is 1.63. The van der Waals surface area contributed by atoms with E-state index in [-0.39, 0.29) is 0 Å². The number of aromatic nitrogens is 1. The van der Waals surface area contributed by atoms with E-state index in [1.807, 2.05) is 12.1 Å². The third-order valence-corrected chi connectivity index (χ3v) is 6.63. The minimum absolute atomic E-state index is 0.485. The van der Waals surface area contributed by atoms with Crippen LogP contribution in [-0.2, 0) is 6.54 Å². The quantitative estimate of drug-likeness (QED) is 0.249. The second kappa shape index (κ2) is 8.42. The number of hydrogen-bond acceptors (Lipinski definition) is 2. The Hall–Kier alpha value is -0.590. The molecule has 138 valence electrons. The minimum Gasteiger partial charge on any atom is -0.389 e. The fourth-order valence-electron chi connectivity index (χ4n) is 3.32. The largest absolute Gasteiger partial charge is 0.389 e. The first-order chi connectivity index (χ1) is 13.0. The molecule has 4 rings (SSSR count). The average molecular weight is 694 g/mol. The van der Waals surface area contributed by atoms with E-state index in [4.69, 9.17) is 0 Å². The normalized spacial score (nSPS) is 12.6. The molecule has 4 aromatic rings. The number of anilines is 1. The summed E-state index contributed by atoms with van der Waals surface area (Å²) in [7, 11) is 0. The van der Waals surface area contributed by atoms with Gasteiger partial charge in [-0.1, -0.05) is 0 Å². The monoisotopic (exact) mass is 694 g/mol. The molecule has 0 saturated carbocycles. The third-order valence-electron chi connectivity index (χ3n) is 4.57. The van der Waals surface area contributed by atoms with Crippen LogP contribution >= 0.6 is 67.8 Å². The van der Waals surface area contributed by atoms with Crippen LogP contribution in [0.2, 0.25) is 0 Å². The lowest BCUT2D eigenvalue weighted by Gasteiger charge is -2.15. The van der Waals surface area contributed by atoms with Gasteiger partial charge in [0.15, 0.2) is 0 Å². The second-order valence-electron chi connectivity index (χ2n) is 6.48. The summed E-state index contributed by atoms with van der Waals surface area (Å²) in [5.41, 5.74) is 3.36. The van der Waals surface area contributed by atoms with Crippen molar-refractivity contribution in [1.29, 1.82) is 0 Å². The maximum absolute atomic E-state index is 10.7. The second-order valence-corrected chi connectivity index (χ2v) is 10.2. The van der Waals surface area contributed by atoms with E-state index in [1.54, 1.807) is 0 Å². The molecule has 0 spiro atoms. The van der Waals surface area contributed by atoms with E-state index in [0.29, 0.717) is 13.1 Å². The molecule has 1 atom stereocenters. The first-order valence-electron chi connectivity index (χ1n) is 8.56. The van der Waals surface area contributed by atoms with Gasteiger partial charge in [-0.15, -0.1) is 0 Å². The SMILES string of the molecule is O[C@H](CNc1ccc(I)cc1)Cn1c2ccc(I)cc2c2cc(I)ccc21. The van der Waals surface area contributed by atoms with E-state index in [0.717, 1.165) is 5.69 Å². The highest BCUT2D eigenvalue weighted by Crippen LogP contribution is 2.31. The van der Waals surface area contributed by atoms with Crippen molar-refractivity contribution in [1.82, 2.24) is 4.57 Å². The fourth-order valence-corrected chi connectivity index (χ4v) is 4.67. The van der Waals surface area contributed by atoms with Crippen molar-refractivity contribution in [2.45, 2.75) is 12.6 Å². The standard InChI is InChI=1S/C21H17I3N2O/c22-13-1-5-16(6-2-13)25-11-17(27)12-26-20-7-3-14(23)9-18(20)19-10-15(24)4-8-21(19)26/h1-10,17,25,27H,11-12H2/t17-/m1/s1. The number of nitrogens with one attached hydrogen (secondary N) is 1. The van der Waals surface area contributed by atoms with Crippen LogP contribution in [-0.4, -0.2) is 22.3 Å². The van der Waals surface area contributed by atoms with E-state index >= 15 is 0 Å². The molecule has 0 unspecified atom stereocenters. The van der Waals surface area contributed by atoms with Crippen LogP contribution in [0.1, 0.15) is 0 Å². The first-order valence-corrected chi connectivity index (χ1v) is 11.8. The van der Waals surface area contributed by atoms with Crippen LogP contribution in [0.5, 0.6) is 0 Å². The van der Waals surface area contributed by atoms with Gasteiger partial charge in [0, 0.05) is 44.7 Å². The molecular formula is C21H17I3N2O. The Kier molecular flexibility index (Phi) is 6.15. The number of aliphatic hydroxyl groups excluding tert-OH is 1. The molecule has 0 amide bonds. The highest BCUT2D eigenvalue weighted by Gasteiger charge is 2.14. The Morgan fingerprint density at radius 1 is 0.778 bits per heavy atom. The van der Waals surface area contributed by atoms with Crippen LogP contribution in [0.25, 0.3) is 21.8 Å². The van der Waals surface area contributed by atoms with Crippen molar-refractivity contribution in [2.24, 2.45) is 0 Å². The van der Waals surface area contributed by atoms with Gasteiger partial charge in [-0.25, -0.2) is 0 Å². The van der Waals surface area contributed by atoms with Crippen LogP contribution < -0.4 is 5.32 Å². The highest BCUT2D eigenvalue weighted by atomic mass is 127. The lowest BCUT2D eigenvalue weighted by molar-refractivity contribution is 0.169. The number of halogens is 3. The van der Waals surface area contributed by atoms with Crippen LogP contribution in [0.4, 0.5) is 5.69 Å². The number of benzene rings is 3. The number of rotatable bonds is 5. The first kappa shape index (κ1) is 19.7. The van der Waals surface area contributed by atoms with E-state index < -0.39 is 6.10 Å². The molecule has 0 aliphatic carbocycles. The Bertz CT molecular complexity index is 1050. The van der Waals surface area contributed by atoms with Crippen molar-refractivity contribution in [3.05, 3.63) is 71.4 Å². The predicted molar refractivity (Wildman–Crippen MR) is 139 cm³/mol. The molecule has 0 radical (unpaired) electrons. The number of hydrogen-bond donors (Lipinski definition) is 2. The molecule has 0 saturated heterocycles. The molecule has 0 fully saturated rings. The number of aliphatic hydroxyl groups is 1. The topological polar surface area (TPSA) is 37.2 Å². The zero-order chi connectivity index (χ0) is 19.0.